The summed E-state index contributed by atoms with van der Waals surface area (Å²) in [4.78, 5) is 22.1. The highest BCUT2D eigenvalue weighted by molar-refractivity contribution is 5.80. The first-order chi connectivity index (χ1) is 7.82. The number of carbonyl (C=O) groups is 2. The molecule has 0 aliphatic carbocycles. The van der Waals surface area contributed by atoms with E-state index >= 15 is 0 Å². The van der Waals surface area contributed by atoms with Gasteiger partial charge in [0.1, 0.15) is 0 Å². The minimum absolute atomic E-state index is 0.306. The van der Waals surface area contributed by atoms with Crippen LogP contribution in [0.1, 0.15) is 6.42 Å². The molecule has 1 amide bonds. The van der Waals surface area contributed by atoms with Gasteiger partial charge in [-0.15, -0.1) is 0 Å². The lowest BCUT2D eigenvalue weighted by Crippen LogP contribution is -2.55. The zero-order valence-corrected chi connectivity index (χ0v) is 8.96. The number of rotatable bonds is 1. The van der Waals surface area contributed by atoms with Crippen molar-refractivity contribution in [2.24, 2.45) is 5.92 Å². The Hall–Kier alpha value is -1.31. The molecule has 0 bridgehead atoms. The standard InChI is InChI=1S/C7H12N2O.C2HF3O2/c10-7(6-4-8-5-6)9-2-1-3-9;3-2(4,5)1(6)7/h6,8H,1-5H2;(H,6,7). The van der Waals surface area contributed by atoms with Gasteiger partial charge < -0.3 is 15.3 Å². The summed E-state index contributed by atoms with van der Waals surface area (Å²) >= 11 is 0. The molecule has 0 unspecified atom stereocenters. The number of carboxylic acids is 1. The van der Waals surface area contributed by atoms with E-state index in [1.165, 1.54) is 6.42 Å². The number of carboxylic acid groups (broad SMARTS) is 1. The highest BCUT2D eigenvalue weighted by Gasteiger charge is 2.38. The Morgan fingerprint density at radius 1 is 1.24 bits per heavy atom. The van der Waals surface area contributed by atoms with Crippen molar-refractivity contribution in [2.75, 3.05) is 26.2 Å². The molecular weight excluding hydrogens is 241 g/mol. The van der Waals surface area contributed by atoms with Crippen LogP contribution in [0.2, 0.25) is 0 Å². The van der Waals surface area contributed by atoms with Crippen molar-refractivity contribution >= 4 is 11.9 Å². The number of alkyl halides is 3. The van der Waals surface area contributed by atoms with E-state index in [4.69, 9.17) is 9.90 Å². The second-order valence-electron chi connectivity index (χ2n) is 3.84. The predicted molar refractivity (Wildman–Crippen MR) is 51.2 cm³/mol. The Morgan fingerprint density at radius 3 is 1.88 bits per heavy atom. The van der Waals surface area contributed by atoms with Crippen LogP contribution in [-0.4, -0.2) is 54.2 Å². The molecule has 0 saturated carbocycles. The fourth-order valence-electron chi connectivity index (χ4n) is 1.26. The number of likely N-dealkylation sites (tertiary alicyclic amines) is 1. The highest BCUT2D eigenvalue weighted by Crippen LogP contribution is 2.14. The van der Waals surface area contributed by atoms with Crippen LogP contribution in [0.15, 0.2) is 0 Å². The molecule has 2 rings (SSSR count). The molecule has 2 saturated heterocycles. The molecule has 2 N–H and O–H groups in total. The number of carbonyl (C=O) groups excluding carboxylic acids is 1. The largest absolute Gasteiger partial charge is 0.490 e. The summed E-state index contributed by atoms with van der Waals surface area (Å²) in [7, 11) is 0. The van der Waals surface area contributed by atoms with Crippen molar-refractivity contribution in [3.05, 3.63) is 0 Å². The zero-order valence-electron chi connectivity index (χ0n) is 8.96. The number of nitrogens with one attached hydrogen (secondary N) is 1. The number of hydrogen-bond acceptors (Lipinski definition) is 3. The molecule has 2 heterocycles. The van der Waals surface area contributed by atoms with E-state index in [1.807, 2.05) is 4.90 Å². The van der Waals surface area contributed by atoms with Crippen molar-refractivity contribution < 1.29 is 27.9 Å². The van der Waals surface area contributed by atoms with Crippen molar-refractivity contribution in [1.29, 1.82) is 0 Å². The molecule has 17 heavy (non-hydrogen) atoms. The van der Waals surface area contributed by atoms with Crippen LogP contribution in [-0.2, 0) is 9.59 Å². The van der Waals surface area contributed by atoms with E-state index in [0.29, 0.717) is 11.8 Å². The van der Waals surface area contributed by atoms with E-state index in [1.54, 1.807) is 0 Å². The van der Waals surface area contributed by atoms with Crippen LogP contribution in [0.5, 0.6) is 0 Å². The Balaban J connectivity index is 0.000000185. The van der Waals surface area contributed by atoms with E-state index < -0.39 is 12.1 Å². The Bertz CT molecular complexity index is 282. The molecule has 0 atom stereocenters. The van der Waals surface area contributed by atoms with Crippen LogP contribution in [0.3, 0.4) is 0 Å². The third kappa shape index (κ3) is 3.88. The summed E-state index contributed by atoms with van der Waals surface area (Å²) in [5, 5.41) is 10.2. The van der Waals surface area contributed by atoms with Gasteiger partial charge in [-0.2, -0.15) is 13.2 Å². The van der Waals surface area contributed by atoms with Gasteiger partial charge in [0.05, 0.1) is 5.92 Å². The highest BCUT2D eigenvalue weighted by atomic mass is 19.4. The third-order valence-corrected chi connectivity index (χ3v) is 2.54. The summed E-state index contributed by atoms with van der Waals surface area (Å²) in [6.07, 6.45) is -3.88. The quantitative estimate of drug-likeness (QED) is 0.695. The van der Waals surface area contributed by atoms with Gasteiger partial charge in [0, 0.05) is 26.2 Å². The lowest BCUT2D eigenvalue weighted by molar-refractivity contribution is -0.192. The molecule has 2 aliphatic rings. The van der Waals surface area contributed by atoms with Crippen LogP contribution in [0.25, 0.3) is 0 Å². The van der Waals surface area contributed by atoms with Crippen molar-refractivity contribution in [1.82, 2.24) is 10.2 Å². The van der Waals surface area contributed by atoms with Gasteiger partial charge in [-0.05, 0) is 6.42 Å². The molecule has 0 radical (unpaired) electrons. The van der Waals surface area contributed by atoms with Gasteiger partial charge >= 0.3 is 12.1 Å². The van der Waals surface area contributed by atoms with Crippen molar-refractivity contribution in [3.8, 4) is 0 Å². The molecule has 8 heteroatoms. The van der Waals surface area contributed by atoms with Crippen LogP contribution >= 0.6 is 0 Å². The summed E-state index contributed by atoms with van der Waals surface area (Å²) < 4.78 is 31.7. The SMILES string of the molecule is O=C(C1CNC1)N1CCC1.O=C(O)C(F)(F)F. The number of hydrogen-bond donors (Lipinski definition) is 2. The lowest BCUT2D eigenvalue weighted by atomic mass is 10.00. The van der Waals surface area contributed by atoms with Crippen molar-refractivity contribution in [2.45, 2.75) is 12.6 Å². The van der Waals surface area contributed by atoms with Crippen LogP contribution in [0.4, 0.5) is 13.2 Å². The zero-order chi connectivity index (χ0) is 13.1. The van der Waals surface area contributed by atoms with E-state index in [0.717, 1.165) is 26.2 Å². The van der Waals surface area contributed by atoms with Gasteiger partial charge in [-0.1, -0.05) is 0 Å². The second kappa shape index (κ2) is 5.35. The van der Waals surface area contributed by atoms with Gasteiger partial charge in [0.2, 0.25) is 5.91 Å². The van der Waals surface area contributed by atoms with Gasteiger partial charge in [0.15, 0.2) is 0 Å². The fraction of sp³-hybridized carbons (Fsp3) is 0.778. The first kappa shape index (κ1) is 13.8. The molecule has 0 aromatic rings. The van der Waals surface area contributed by atoms with E-state index in [2.05, 4.69) is 5.32 Å². The summed E-state index contributed by atoms with van der Waals surface area (Å²) in [6, 6.07) is 0. The molecule has 5 nitrogen and oxygen atoms in total. The van der Waals surface area contributed by atoms with Gasteiger partial charge in [-0.3, -0.25) is 4.79 Å². The maximum absolute atomic E-state index is 11.3. The maximum Gasteiger partial charge on any atom is 0.490 e. The number of amides is 1. The summed E-state index contributed by atoms with van der Waals surface area (Å²) in [6.45, 7) is 3.79. The first-order valence-corrected chi connectivity index (χ1v) is 5.12. The third-order valence-electron chi connectivity index (χ3n) is 2.54. The second-order valence-corrected chi connectivity index (χ2v) is 3.84. The molecule has 98 valence electrons. The Morgan fingerprint density at radius 2 is 1.71 bits per heavy atom. The maximum atomic E-state index is 11.3. The Kier molecular flexibility index (Phi) is 4.33. The minimum atomic E-state index is -5.08. The predicted octanol–water partition coefficient (Wildman–Crippen LogP) is 0.0714. The number of halogens is 3. The first-order valence-electron chi connectivity index (χ1n) is 5.12. The average Bonchev–Trinajstić information content (AvgIpc) is 1.95. The lowest BCUT2D eigenvalue weighted by Gasteiger charge is -2.37. The van der Waals surface area contributed by atoms with Crippen LogP contribution < -0.4 is 5.32 Å². The molecule has 0 aromatic heterocycles. The van der Waals surface area contributed by atoms with Gasteiger partial charge in [0.25, 0.3) is 0 Å². The summed E-state index contributed by atoms with van der Waals surface area (Å²) in [5.41, 5.74) is 0. The van der Waals surface area contributed by atoms with Gasteiger partial charge in [-0.25, -0.2) is 4.79 Å². The topological polar surface area (TPSA) is 69.6 Å². The van der Waals surface area contributed by atoms with Crippen LogP contribution in [0, 0.1) is 5.92 Å². The monoisotopic (exact) mass is 254 g/mol. The fourth-order valence-corrected chi connectivity index (χ4v) is 1.26. The smallest absolute Gasteiger partial charge is 0.475 e. The molecule has 2 aliphatic heterocycles. The minimum Gasteiger partial charge on any atom is -0.475 e. The van der Waals surface area contributed by atoms with E-state index in [9.17, 15) is 18.0 Å². The van der Waals surface area contributed by atoms with E-state index in [-0.39, 0.29) is 0 Å². The molecule has 2 fully saturated rings. The molecule has 0 aromatic carbocycles. The number of aliphatic carboxylic acids is 1. The van der Waals surface area contributed by atoms with Crippen molar-refractivity contribution in [3.63, 3.8) is 0 Å². The Labute approximate surface area is 95.6 Å². The summed E-state index contributed by atoms with van der Waals surface area (Å²) in [5.74, 6) is -2.09. The molecular formula is C9H13F3N2O3. The average molecular weight is 254 g/mol. The normalized spacial score (nSPS) is 19.6. The number of nitrogens with zero attached hydrogens (tertiary/aromatic N) is 1. The molecule has 0 spiro atoms.